The summed E-state index contributed by atoms with van der Waals surface area (Å²) >= 11 is 0. The van der Waals surface area contributed by atoms with Gasteiger partial charge in [0.05, 0.1) is 12.7 Å². The van der Waals surface area contributed by atoms with Gasteiger partial charge >= 0.3 is 5.97 Å². The van der Waals surface area contributed by atoms with Gasteiger partial charge in [-0.3, -0.25) is 4.79 Å². The smallest absolute Gasteiger partial charge is 0.337 e. The van der Waals surface area contributed by atoms with E-state index in [2.05, 4.69) is 23.9 Å². The second-order valence-corrected chi connectivity index (χ2v) is 5.30. The summed E-state index contributed by atoms with van der Waals surface area (Å²) in [6, 6.07) is 14.1. The van der Waals surface area contributed by atoms with Crippen molar-refractivity contribution in [2.75, 3.05) is 12.4 Å². The summed E-state index contributed by atoms with van der Waals surface area (Å²) in [5, 5.41) is 2.80. The van der Waals surface area contributed by atoms with Crippen molar-refractivity contribution in [2.24, 2.45) is 0 Å². The maximum atomic E-state index is 12.2. The first-order chi connectivity index (χ1) is 10.5. The van der Waals surface area contributed by atoms with Crippen molar-refractivity contribution < 1.29 is 14.3 Å². The van der Waals surface area contributed by atoms with Crippen LogP contribution >= 0.6 is 0 Å². The van der Waals surface area contributed by atoms with E-state index in [9.17, 15) is 9.59 Å². The molecule has 0 aliphatic heterocycles. The third kappa shape index (κ3) is 3.73. The summed E-state index contributed by atoms with van der Waals surface area (Å²) in [6.45, 7) is 4.22. The molecule has 22 heavy (non-hydrogen) atoms. The van der Waals surface area contributed by atoms with E-state index in [4.69, 9.17) is 0 Å². The first kappa shape index (κ1) is 15.8. The Kier molecular flexibility index (Phi) is 4.94. The Morgan fingerprint density at radius 3 is 1.95 bits per heavy atom. The van der Waals surface area contributed by atoms with E-state index < -0.39 is 5.97 Å². The van der Waals surface area contributed by atoms with Crippen LogP contribution in [0.1, 0.15) is 46.0 Å². The first-order valence-electron chi connectivity index (χ1n) is 7.11. The number of hydrogen-bond donors (Lipinski definition) is 1. The summed E-state index contributed by atoms with van der Waals surface area (Å²) in [7, 11) is 1.33. The van der Waals surface area contributed by atoms with Crippen LogP contribution in [0.25, 0.3) is 0 Å². The highest BCUT2D eigenvalue weighted by Gasteiger charge is 2.08. The zero-order valence-electron chi connectivity index (χ0n) is 12.9. The highest BCUT2D eigenvalue weighted by molar-refractivity contribution is 6.04. The molecule has 0 radical (unpaired) electrons. The Hall–Kier alpha value is -2.62. The number of methoxy groups -OCH3 is 1. The molecule has 0 saturated heterocycles. The van der Waals surface area contributed by atoms with Gasteiger partial charge in [-0.25, -0.2) is 4.79 Å². The predicted molar refractivity (Wildman–Crippen MR) is 86.3 cm³/mol. The third-order valence-corrected chi connectivity index (χ3v) is 3.40. The summed E-state index contributed by atoms with van der Waals surface area (Å²) in [6.07, 6.45) is 0. The van der Waals surface area contributed by atoms with Gasteiger partial charge in [-0.15, -0.1) is 0 Å². The van der Waals surface area contributed by atoms with E-state index in [0.29, 0.717) is 22.7 Å². The van der Waals surface area contributed by atoms with Crippen molar-refractivity contribution in [3.05, 3.63) is 65.2 Å². The average Bonchev–Trinajstić information content (AvgIpc) is 2.54. The van der Waals surface area contributed by atoms with Gasteiger partial charge in [0.15, 0.2) is 0 Å². The Balaban J connectivity index is 2.06. The molecular weight excluding hydrogens is 278 g/mol. The molecule has 0 spiro atoms. The quantitative estimate of drug-likeness (QED) is 0.872. The highest BCUT2D eigenvalue weighted by Crippen LogP contribution is 2.16. The molecule has 2 aromatic carbocycles. The molecule has 0 unspecified atom stereocenters. The monoisotopic (exact) mass is 297 g/mol. The van der Waals surface area contributed by atoms with E-state index in [-0.39, 0.29) is 5.91 Å². The van der Waals surface area contributed by atoms with E-state index >= 15 is 0 Å². The molecule has 1 N–H and O–H groups in total. The van der Waals surface area contributed by atoms with Crippen LogP contribution in [-0.2, 0) is 4.74 Å². The molecule has 4 nitrogen and oxygen atoms in total. The average molecular weight is 297 g/mol. The number of rotatable bonds is 4. The SMILES string of the molecule is COC(=O)c1ccc(NC(=O)c2ccc(C(C)C)cc2)cc1. The van der Waals surface area contributed by atoms with Crippen LogP contribution in [0.15, 0.2) is 48.5 Å². The number of ether oxygens (including phenoxy) is 1. The minimum atomic E-state index is -0.401. The molecule has 0 aliphatic carbocycles. The van der Waals surface area contributed by atoms with Crippen molar-refractivity contribution in [1.82, 2.24) is 0 Å². The molecule has 0 heterocycles. The zero-order valence-corrected chi connectivity index (χ0v) is 12.9. The molecular formula is C18H19NO3. The number of carbonyl (C=O) groups excluding carboxylic acids is 2. The second kappa shape index (κ2) is 6.89. The summed E-state index contributed by atoms with van der Waals surface area (Å²) in [5.74, 6) is -0.147. The maximum absolute atomic E-state index is 12.2. The molecule has 0 bridgehead atoms. The van der Waals surface area contributed by atoms with Crippen LogP contribution in [0.5, 0.6) is 0 Å². The normalized spacial score (nSPS) is 10.4. The minimum absolute atomic E-state index is 0.180. The molecule has 0 atom stereocenters. The van der Waals surface area contributed by atoms with Gasteiger partial charge in [0.25, 0.3) is 5.91 Å². The van der Waals surface area contributed by atoms with E-state index in [1.165, 1.54) is 12.7 Å². The molecule has 0 fully saturated rings. The van der Waals surface area contributed by atoms with Gasteiger partial charge < -0.3 is 10.1 Å². The molecule has 2 rings (SSSR count). The van der Waals surface area contributed by atoms with Crippen molar-refractivity contribution in [3.8, 4) is 0 Å². The fourth-order valence-corrected chi connectivity index (χ4v) is 2.03. The van der Waals surface area contributed by atoms with Gasteiger partial charge in [-0.1, -0.05) is 26.0 Å². The van der Waals surface area contributed by atoms with Crippen LogP contribution in [0.4, 0.5) is 5.69 Å². The number of benzene rings is 2. The molecule has 0 saturated carbocycles. The molecule has 4 heteroatoms. The molecule has 0 aliphatic rings. The van der Waals surface area contributed by atoms with Gasteiger partial charge in [0.1, 0.15) is 0 Å². The number of anilines is 1. The minimum Gasteiger partial charge on any atom is -0.465 e. The predicted octanol–water partition coefficient (Wildman–Crippen LogP) is 3.85. The van der Waals surface area contributed by atoms with Crippen LogP contribution in [0.3, 0.4) is 0 Å². The lowest BCUT2D eigenvalue weighted by molar-refractivity contribution is 0.0600. The van der Waals surface area contributed by atoms with Crippen LogP contribution in [0, 0.1) is 0 Å². The van der Waals surface area contributed by atoms with Crippen LogP contribution in [0.2, 0.25) is 0 Å². The van der Waals surface area contributed by atoms with Gasteiger partial charge in [0, 0.05) is 11.3 Å². The third-order valence-electron chi connectivity index (χ3n) is 3.40. The Morgan fingerprint density at radius 2 is 1.45 bits per heavy atom. The van der Waals surface area contributed by atoms with Gasteiger partial charge in [-0.2, -0.15) is 0 Å². The largest absolute Gasteiger partial charge is 0.465 e. The fraction of sp³-hybridized carbons (Fsp3) is 0.222. The van der Waals surface area contributed by atoms with Crippen molar-refractivity contribution in [2.45, 2.75) is 19.8 Å². The number of carbonyl (C=O) groups is 2. The molecule has 1 amide bonds. The number of amides is 1. The second-order valence-electron chi connectivity index (χ2n) is 5.30. The van der Waals surface area contributed by atoms with E-state index in [1.807, 2.05) is 24.3 Å². The number of esters is 1. The molecule has 114 valence electrons. The van der Waals surface area contributed by atoms with Crippen molar-refractivity contribution >= 4 is 17.6 Å². The summed E-state index contributed by atoms with van der Waals surface area (Å²) in [5.41, 5.74) is 2.87. The number of hydrogen-bond acceptors (Lipinski definition) is 3. The lowest BCUT2D eigenvalue weighted by Crippen LogP contribution is -2.12. The fourth-order valence-electron chi connectivity index (χ4n) is 2.03. The Labute approximate surface area is 130 Å². The zero-order chi connectivity index (χ0) is 16.1. The summed E-state index contributed by atoms with van der Waals surface area (Å²) in [4.78, 5) is 23.5. The topological polar surface area (TPSA) is 55.4 Å². The van der Waals surface area contributed by atoms with E-state index in [0.717, 1.165) is 0 Å². The van der Waals surface area contributed by atoms with Gasteiger partial charge in [-0.05, 0) is 47.9 Å². The highest BCUT2D eigenvalue weighted by atomic mass is 16.5. The summed E-state index contributed by atoms with van der Waals surface area (Å²) < 4.78 is 4.63. The lowest BCUT2D eigenvalue weighted by atomic mass is 10.0. The van der Waals surface area contributed by atoms with Crippen LogP contribution < -0.4 is 5.32 Å². The first-order valence-corrected chi connectivity index (χ1v) is 7.11. The van der Waals surface area contributed by atoms with Crippen molar-refractivity contribution in [1.29, 1.82) is 0 Å². The standard InChI is InChI=1S/C18H19NO3/c1-12(2)13-4-6-14(7-5-13)17(20)19-16-10-8-15(9-11-16)18(21)22-3/h4-12H,1-3H3,(H,19,20). The van der Waals surface area contributed by atoms with Gasteiger partial charge in [0.2, 0.25) is 0 Å². The molecule has 2 aromatic rings. The van der Waals surface area contributed by atoms with Crippen LogP contribution in [-0.4, -0.2) is 19.0 Å². The number of nitrogens with one attached hydrogen (secondary N) is 1. The van der Waals surface area contributed by atoms with Crippen molar-refractivity contribution in [3.63, 3.8) is 0 Å². The van der Waals surface area contributed by atoms with E-state index in [1.54, 1.807) is 24.3 Å². The Bertz CT molecular complexity index is 658. The molecule has 0 aromatic heterocycles. The maximum Gasteiger partial charge on any atom is 0.337 e. The Morgan fingerprint density at radius 1 is 0.909 bits per heavy atom. The lowest BCUT2D eigenvalue weighted by Gasteiger charge is -2.08.